The Kier molecular flexibility index (Phi) is 20.0. The number of ether oxygens (including phenoxy) is 2. The van der Waals surface area contributed by atoms with Gasteiger partial charge < -0.3 is 19.7 Å². The Hall–Kier alpha value is -0.160. The molecule has 1 rings (SSSR count). The third kappa shape index (κ3) is 14.9. The first-order valence-electron chi connectivity index (χ1n) is 14.3. The van der Waals surface area contributed by atoms with Crippen LogP contribution in [0.25, 0.3) is 0 Å². The molecule has 4 heteroatoms. The van der Waals surface area contributed by atoms with Crippen molar-refractivity contribution in [1.82, 2.24) is 0 Å². The first-order valence-corrected chi connectivity index (χ1v) is 14.3. The molecule has 1 aliphatic rings. The van der Waals surface area contributed by atoms with E-state index >= 15 is 0 Å². The number of rotatable bonds is 23. The summed E-state index contributed by atoms with van der Waals surface area (Å²) in [6.45, 7) is 4.67. The third-order valence-electron chi connectivity index (χ3n) is 7.06. The number of aliphatic hydroxyl groups is 2. The zero-order chi connectivity index (χ0) is 23.3. The van der Waals surface area contributed by atoms with E-state index in [1.165, 1.54) is 122 Å². The molecule has 0 amide bonds. The van der Waals surface area contributed by atoms with Crippen molar-refractivity contribution >= 4 is 0 Å². The van der Waals surface area contributed by atoms with E-state index in [-0.39, 0.29) is 24.9 Å². The van der Waals surface area contributed by atoms with Crippen molar-refractivity contribution in [1.29, 1.82) is 0 Å². The molecule has 4 atom stereocenters. The molecule has 1 saturated heterocycles. The zero-order valence-corrected chi connectivity index (χ0v) is 21.6. The van der Waals surface area contributed by atoms with Crippen LogP contribution in [0.1, 0.15) is 142 Å². The summed E-state index contributed by atoms with van der Waals surface area (Å²) in [6.07, 6.45) is 26.0. The highest BCUT2D eigenvalue weighted by molar-refractivity contribution is 4.89. The summed E-state index contributed by atoms with van der Waals surface area (Å²) in [5, 5.41) is 19.4. The van der Waals surface area contributed by atoms with E-state index in [4.69, 9.17) is 9.47 Å². The zero-order valence-electron chi connectivity index (χ0n) is 21.6. The summed E-state index contributed by atoms with van der Waals surface area (Å²) in [7, 11) is 0. The topological polar surface area (TPSA) is 58.9 Å². The third-order valence-corrected chi connectivity index (χ3v) is 7.06. The first kappa shape index (κ1) is 29.9. The summed E-state index contributed by atoms with van der Waals surface area (Å²) in [6, 6.07) is 0. The quantitative estimate of drug-likeness (QED) is 0.158. The van der Waals surface area contributed by atoms with Gasteiger partial charge >= 0.3 is 0 Å². The summed E-state index contributed by atoms with van der Waals surface area (Å²) in [5.41, 5.74) is 0. The molecule has 32 heavy (non-hydrogen) atoms. The molecule has 0 aliphatic carbocycles. The van der Waals surface area contributed by atoms with E-state index in [2.05, 4.69) is 6.92 Å². The lowest BCUT2D eigenvalue weighted by molar-refractivity contribution is -0.0549. The van der Waals surface area contributed by atoms with Gasteiger partial charge in [0.2, 0.25) is 0 Å². The highest BCUT2D eigenvalue weighted by Gasteiger charge is 2.41. The molecule has 1 heterocycles. The predicted octanol–water partition coefficient (Wildman–Crippen LogP) is 7.33. The van der Waals surface area contributed by atoms with Crippen LogP contribution in [-0.2, 0) is 9.47 Å². The van der Waals surface area contributed by atoms with Crippen LogP contribution >= 0.6 is 0 Å². The number of unbranched alkanes of at least 4 members (excludes halogenated alkanes) is 19. The molecule has 0 aromatic rings. The Bertz CT molecular complexity index is 390. The molecule has 0 spiro atoms. The number of hydrogen-bond acceptors (Lipinski definition) is 4. The first-order chi connectivity index (χ1) is 15.7. The average Bonchev–Trinajstić information content (AvgIpc) is 3.07. The van der Waals surface area contributed by atoms with Crippen molar-refractivity contribution < 1.29 is 19.7 Å². The lowest BCUT2D eigenvalue weighted by Gasteiger charge is -2.19. The lowest BCUT2D eigenvalue weighted by Crippen LogP contribution is -2.36. The van der Waals surface area contributed by atoms with Crippen molar-refractivity contribution in [2.45, 2.75) is 167 Å². The van der Waals surface area contributed by atoms with Gasteiger partial charge in [-0.2, -0.15) is 0 Å². The van der Waals surface area contributed by atoms with Gasteiger partial charge in [-0.25, -0.2) is 0 Å². The minimum Gasteiger partial charge on any atom is -0.394 e. The molecule has 2 N–H and O–H groups in total. The van der Waals surface area contributed by atoms with Crippen LogP contribution < -0.4 is 0 Å². The normalized spacial score (nSPS) is 23.2. The van der Waals surface area contributed by atoms with Gasteiger partial charge in [-0.05, 0) is 13.3 Å². The van der Waals surface area contributed by atoms with Gasteiger partial charge in [0.15, 0.2) is 0 Å². The molecule has 1 aliphatic heterocycles. The van der Waals surface area contributed by atoms with E-state index in [1.54, 1.807) is 0 Å². The van der Waals surface area contributed by atoms with Crippen LogP contribution in [0.3, 0.4) is 0 Å². The molecule has 0 aromatic carbocycles. The van der Waals surface area contributed by atoms with Crippen LogP contribution in [-0.4, -0.2) is 47.8 Å². The number of hydrogen-bond donors (Lipinski definition) is 2. The maximum Gasteiger partial charge on any atom is 0.114 e. The molecule has 4 nitrogen and oxygen atoms in total. The smallest absolute Gasteiger partial charge is 0.114 e. The molecule has 0 radical (unpaired) electrons. The number of aliphatic hydroxyl groups excluding tert-OH is 2. The Labute approximate surface area is 199 Å². The van der Waals surface area contributed by atoms with Crippen molar-refractivity contribution in [2.24, 2.45) is 0 Å². The van der Waals surface area contributed by atoms with Crippen LogP contribution in [0, 0.1) is 0 Å². The summed E-state index contributed by atoms with van der Waals surface area (Å²) < 4.78 is 11.3. The molecule has 0 aromatic heterocycles. The minimum absolute atomic E-state index is 0.0919. The van der Waals surface area contributed by atoms with Gasteiger partial charge in [-0.1, -0.05) is 129 Å². The van der Waals surface area contributed by atoms with Crippen molar-refractivity contribution in [2.75, 3.05) is 13.2 Å². The maximum absolute atomic E-state index is 10.1. The Morgan fingerprint density at radius 1 is 0.625 bits per heavy atom. The fourth-order valence-electron chi connectivity index (χ4n) is 4.85. The predicted molar refractivity (Wildman–Crippen MR) is 135 cm³/mol. The second-order valence-corrected chi connectivity index (χ2v) is 10.1. The Balaban J connectivity index is 1.73. The van der Waals surface area contributed by atoms with Crippen molar-refractivity contribution in [3.8, 4) is 0 Å². The van der Waals surface area contributed by atoms with Gasteiger partial charge in [0.1, 0.15) is 18.3 Å². The SMILES string of the molecule is CCCCCCCCCCCCCCCCCCCCCCOC1C(CO)OC(C)C1O. The van der Waals surface area contributed by atoms with Gasteiger partial charge in [-0.3, -0.25) is 0 Å². The summed E-state index contributed by atoms with van der Waals surface area (Å²) in [4.78, 5) is 0. The monoisotopic (exact) mass is 456 g/mol. The van der Waals surface area contributed by atoms with E-state index in [0.717, 1.165) is 6.42 Å². The van der Waals surface area contributed by atoms with Crippen LogP contribution in [0.15, 0.2) is 0 Å². The fraction of sp³-hybridized carbons (Fsp3) is 1.00. The van der Waals surface area contributed by atoms with Crippen LogP contribution in [0.4, 0.5) is 0 Å². The van der Waals surface area contributed by atoms with Gasteiger partial charge in [0.25, 0.3) is 0 Å². The molecule has 1 fully saturated rings. The Morgan fingerprint density at radius 2 is 1.00 bits per heavy atom. The highest BCUT2D eigenvalue weighted by atomic mass is 16.6. The second-order valence-electron chi connectivity index (χ2n) is 10.1. The summed E-state index contributed by atoms with van der Waals surface area (Å²) in [5.74, 6) is 0. The van der Waals surface area contributed by atoms with Gasteiger partial charge in [0, 0.05) is 6.61 Å². The molecular formula is C28H56O4. The van der Waals surface area contributed by atoms with E-state index in [1.807, 2.05) is 6.92 Å². The molecule has 4 unspecified atom stereocenters. The van der Waals surface area contributed by atoms with Crippen molar-refractivity contribution in [3.63, 3.8) is 0 Å². The molecule has 0 bridgehead atoms. The largest absolute Gasteiger partial charge is 0.394 e. The fourth-order valence-corrected chi connectivity index (χ4v) is 4.85. The van der Waals surface area contributed by atoms with E-state index < -0.39 is 6.10 Å². The van der Waals surface area contributed by atoms with E-state index in [0.29, 0.717) is 6.61 Å². The van der Waals surface area contributed by atoms with Crippen molar-refractivity contribution in [3.05, 3.63) is 0 Å². The maximum atomic E-state index is 10.1. The van der Waals surface area contributed by atoms with Gasteiger partial charge in [0.05, 0.1) is 12.7 Å². The lowest BCUT2D eigenvalue weighted by atomic mass is 10.0. The van der Waals surface area contributed by atoms with E-state index in [9.17, 15) is 10.2 Å². The van der Waals surface area contributed by atoms with Gasteiger partial charge in [-0.15, -0.1) is 0 Å². The second kappa shape index (κ2) is 21.4. The Morgan fingerprint density at radius 3 is 1.38 bits per heavy atom. The van der Waals surface area contributed by atoms with Crippen LogP contribution in [0.2, 0.25) is 0 Å². The standard InChI is InChI=1S/C28H56O4/c1-3-4-5-6-7-8-9-10-11-12-13-14-15-16-17-18-19-20-21-22-23-31-28-26(24-29)32-25(2)27(28)30/h25-30H,3-24H2,1-2H3. The molecule has 0 saturated carbocycles. The van der Waals surface area contributed by atoms with Crippen LogP contribution in [0.5, 0.6) is 0 Å². The molecular weight excluding hydrogens is 400 g/mol. The summed E-state index contributed by atoms with van der Waals surface area (Å²) >= 11 is 0. The minimum atomic E-state index is -0.628. The molecule has 192 valence electrons. The average molecular weight is 457 g/mol. The highest BCUT2D eigenvalue weighted by Crippen LogP contribution is 2.24.